The van der Waals surface area contributed by atoms with E-state index in [4.69, 9.17) is 4.74 Å². The van der Waals surface area contributed by atoms with Crippen molar-refractivity contribution < 1.29 is 19.1 Å². The maximum absolute atomic E-state index is 13.8. The summed E-state index contributed by atoms with van der Waals surface area (Å²) in [5.74, 6) is -1.76. The largest absolute Gasteiger partial charge is 0.385 e. The van der Waals surface area contributed by atoms with E-state index in [1.54, 1.807) is 13.3 Å². The number of amides is 2. The second-order valence-corrected chi connectivity index (χ2v) is 10.1. The molecule has 2 saturated heterocycles. The summed E-state index contributed by atoms with van der Waals surface area (Å²) >= 11 is 0. The molecule has 7 heteroatoms. The van der Waals surface area contributed by atoms with Gasteiger partial charge in [0.25, 0.3) is 0 Å². The highest BCUT2D eigenvalue weighted by molar-refractivity contribution is 6.13. The van der Waals surface area contributed by atoms with Crippen LogP contribution in [0.4, 0.5) is 5.69 Å². The molecule has 3 aliphatic heterocycles. The second kappa shape index (κ2) is 7.76. The molecule has 0 radical (unpaired) electrons. The minimum atomic E-state index is -0.722. The van der Waals surface area contributed by atoms with Crippen LogP contribution in [0.25, 0.3) is 17.0 Å². The molecule has 7 nitrogen and oxygen atoms in total. The summed E-state index contributed by atoms with van der Waals surface area (Å²) in [7, 11) is 1.60. The Balaban J connectivity index is 1.66. The van der Waals surface area contributed by atoms with E-state index in [0.29, 0.717) is 19.6 Å². The summed E-state index contributed by atoms with van der Waals surface area (Å²) in [5, 5.41) is 0.961. The van der Waals surface area contributed by atoms with Gasteiger partial charge in [0.1, 0.15) is 6.04 Å². The lowest BCUT2D eigenvalue weighted by atomic mass is 9.79. The molecule has 2 amide bonds. The number of imide groups is 1. The van der Waals surface area contributed by atoms with E-state index in [9.17, 15) is 14.4 Å². The van der Waals surface area contributed by atoms with Crippen molar-refractivity contribution in [2.45, 2.75) is 39.3 Å². The Morgan fingerprint density at radius 2 is 1.88 bits per heavy atom. The first-order valence-electron chi connectivity index (χ1n) is 11.5. The molecule has 4 heterocycles. The third-order valence-electron chi connectivity index (χ3n) is 7.07. The third-order valence-corrected chi connectivity index (χ3v) is 7.07. The average Bonchev–Trinajstić information content (AvgIpc) is 3.26. The molecule has 5 rings (SSSR count). The number of fused-ring (bicyclic) bond motifs is 7. The lowest BCUT2D eigenvalue weighted by molar-refractivity contribution is -0.142. The van der Waals surface area contributed by atoms with Crippen LogP contribution in [0, 0.1) is 17.3 Å². The molecule has 1 aromatic carbocycles. The van der Waals surface area contributed by atoms with E-state index < -0.39 is 23.3 Å². The van der Waals surface area contributed by atoms with Crippen LogP contribution in [-0.2, 0) is 19.1 Å². The van der Waals surface area contributed by atoms with Crippen LogP contribution < -0.4 is 4.90 Å². The molecule has 0 N–H and O–H groups in total. The van der Waals surface area contributed by atoms with Gasteiger partial charge in [-0.1, -0.05) is 51.1 Å². The fourth-order valence-electron chi connectivity index (χ4n) is 5.57. The minimum absolute atomic E-state index is 0.0333. The van der Waals surface area contributed by atoms with E-state index in [0.717, 1.165) is 22.2 Å². The number of likely N-dealkylation sites (tertiary alicyclic amines) is 1. The number of methoxy groups -OCH3 is 1. The number of Topliss-reactive ketones (excluding diaryl/α,β-unsaturated/α-hetero) is 1. The van der Waals surface area contributed by atoms with Crippen molar-refractivity contribution in [3.63, 3.8) is 0 Å². The number of hydrogen-bond acceptors (Lipinski definition) is 6. The predicted molar refractivity (Wildman–Crippen MR) is 125 cm³/mol. The Kier molecular flexibility index (Phi) is 5.12. The topological polar surface area (TPSA) is 79.8 Å². The van der Waals surface area contributed by atoms with Crippen molar-refractivity contribution in [3.8, 4) is 0 Å². The number of anilines is 1. The van der Waals surface area contributed by atoms with Crippen molar-refractivity contribution in [3.05, 3.63) is 42.1 Å². The molecule has 0 unspecified atom stereocenters. The van der Waals surface area contributed by atoms with Gasteiger partial charge in [0.2, 0.25) is 11.8 Å². The van der Waals surface area contributed by atoms with Gasteiger partial charge < -0.3 is 9.64 Å². The monoisotopic (exact) mass is 447 g/mol. The molecular weight excluding hydrogens is 418 g/mol. The maximum Gasteiger partial charge on any atom is 0.235 e. The third kappa shape index (κ3) is 3.21. The van der Waals surface area contributed by atoms with Gasteiger partial charge in [-0.25, -0.2) is 0 Å². The van der Waals surface area contributed by atoms with Gasteiger partial charge in [-0.2, -0.15) is 0 Å². The van der Waals surface area contributed by atoms with Gasteiger partial charge >= 0.3 is 0 Å². The number of carbonyl (C=O) groups excluding carboxylic acids is 3. The summed E-state index contributed by atoms with van der Waals surface area (Å²) in [6.07, 6.45) is 6.29. The zero-order valence-electron chi connectivity index (χ0n) is 19.4. The highest BCUT2D eigenvalue weighted by Gasteiger charge is 2.64. The van der Waals surface area contributed by atoms with Crippen LogP contribution >= 0.6 is 0 Å². The van der Waals surface area contributed by atoms with Crippen molar-refractivity contribution >= 4 is 40.3 Å². The number of carbonyl (C=O) groups is 3. The standard InChI is InChI=1S/C26H29N3O4/c1-26(2,3)23(30)22-19-18(24(31)28(25(19)32)13-6-14-33-4)17-11-10-16-9-8-15-7-5-12-27-20(15)21(16)29(17)22/h5,7-12,17-19,22H,6,13-14H2,1-4H3/t17-,18+,19+,22+/m1/s1. The molecule has 4 atom stereocenters. The van der Waals surface area contributed by atoms with Gasteiger partial charge in [0.15, 0.2) is 5.78 Å². The molecule has 0 aliphatic carbocycles. The Hall–Kier alpha value is -3.06. The Morgan fingerprint density at radius 3 is 2.61 bits per heavy atom. The number of nitrogens with zero attached hydrogens (tertiary/aromatic N) is 3. The van der Waals surface area contributed by atoms with Crippen molar-refractivity contribution in [1.29, 1.82) is 0 Å². The molecule has 0 saturated carbocycles. The summed E-state index contributed by atoms with van der Waals surface area (Å²) in [6.45, 7) is 6.40. The fraction of sp³-hybridized carbons (Fsp3) is 0.462. The Morgan fingerprint density at radius 1 is 1.12 bits per heavy atom. The van der Waals surface area contributed by atoms with Crippen LogP contribution in [0.5, 0.6) is 0 Å². The van der Waals surface area contributed by atoms with E-state index in [2.05, 4.69) is 4.98 Å². The van der Waals surface area contributed by atoms with Crippen LogP contribution in [0.2, 0.25) is 0 Å². The number of pyridine rings is 1. The summed E-state index contributed by atoms with van der Waals surface area (Å²) in [4.78, 5) is 49.0. The first kappa shape index (κ1) is 21.8. The first-order valence-corrected chi connectivity index (χ1v) is 11.5. The molecule has 0 spiro atoms. The Bertz CT molecular complexity index is 1180. The quantitative estimate of drug-likeness (QED) is 0.518. The zero-order valence-corrected chi connectivity index (χ0v) is 19.4. The minimum Gasteiger partial charge on any atom is -0.385 e. The molecule has 1 aromatic heterocycles. The highest BCUT2D eigenvalue weighted by atomic mass is 16.5. The van der Waals surface area contributed by atoms with Crippen LogP contribution in [0.1, 0.15) is 32.8 Å². The fourth-order valence-corrected chi connectivity index (χ4v) is 5.57. The number of rotatable bonds is 5. The molecule has 2 aromatic rings. The van der Waals surface area contributed by atoms with Crippen LogP contribution in [-0.4, -0.2) is 59.8 Å². The van der Waals surface area contributed by atoms with E-state index in [1.807, 2.05) is 62.1 Å². The second-order valence-electron chi connectivity index (χ2n) is 10.1. The van der Waals surface area contributed by atoms with Gasteiger partial charge in [0, 0.05) is 37.3 Å². The number of aromatic nitrogens is 1. The SMILES string of the molecule is COCCCN1C(=O)[C@@H]2[C@H](C1=O)[C@@H](C(=O)C(C)(C)C)N1c3c(ccc4cccnc34)C=C[C@H]21. The normalized spacial score (nSPS) is 26.1. The van der Waals surface area contributed by atoms with Gasteiger partial charge in [-0.15, -0.1) is 0 Å². The molecule has 172 valence electrons. The van der Waals surface area contributed by atoms with E-state index in [1.165, 1.54) is 4.90 Å². The maximum atomic E-state index is 13.8. The van der Waals surface area contributed by atoms with Gasteiger partial charge in [-0.3, -0.25) is 24.3 Å². The molecule has 33 heavy (non-hydrogen) atoms. The van der Waals surface area contributed by atoms with Gasteiger partial charge in [0.05, 0.1) is 29.1 Å². The molecule has 3 aliphatic rings. The number of ketones is 1. The van der Waals surface area contributed by atoms with Crippen molar-refractivity contribution in [2.24, 2.45) is 17.3 Å². The van der Waals surface area contributed by atoms with Crippen molar-refractivity contribution in [2.75, 3.05) is 25.2 Å². The van der Waals surface area contributed by atoms with Crippen molar-refractivity contribution in [1.82, 2.24) is 9.88 Å². The molecular formula is C26H29N3O4. The lowest BCUT2D eigenvalue weighted by Crippen LogP contribution is -2.51. The smallest absolute Gasteiger partial charge is 0.235 e. The molecule has 0 bridgehead atoms. The van der Waals surface area contributed by atoms with Crippen LogP contribution in [0.3, 0.4) is 0 Å². The summed E-state index contributed by atoms with van der Waals surface area (Å²) in [6, 6.07) is 6.81. The number of hydrogen-bond donors (Lipinski definition) is 0. The predicted octanol–water partition coefficient (Wildman–Crippen LogP) is 3.07. The molecule has 2 fully saturated rings. The van der Waals surface area contributed by atoms with E-state index >= 15 is 0 Å². The Labute approximate surface area is 193 Å². The average molecular weight is 448 g/mol. The highest BCUT2D eigenvalue weighted by Crippen LogP contribution is 2.51. The first-order chi connectivity index (χ1) is 15.8. The number of ether oxygens (including phenoxy) is 1. The van der Waals surface area contributed by atoms with E-state index in [-0.39, 0.29) is 23.6 Å². The zero-order chi connectivity index (χ0) is 23.5. The number of benzene rings is 1. The van der Waals surface area contributed by atoms with Gasteiger partial charge in [-0.05, 0) is 18.1 Å². The summed E-state index contributed by atoms with van der Waals surface area (Å²) < 4.78 is 5.11. The van der Waals surface area contributed by atoms with Crippen LogP contribution in [0.15, 0.2) is 36.5 Å². The lowest BCUT2D eigenvalue weighted by Gasteiger charge is -2.39. The summed E-state index contributed by atoms with van der Waals surface area (Å²) in [5.41, 5.74) is 1.90.